The number of hydrogen-bond acceptors (Lipinski definition) is 3. The fourth-order valence-corrected chi connectivity index (χ4v) is 1.02. The van der Waals surface area contributed by atoms with Crippen LogP contribution in [0.3, 0.4) is 0 Å². The van der Waals surface area contributed by atoms with Crippen molar-refractivity contribution in [1.29, 1.82) is 0 Å². The van der Waals surface area contributed by atoms with Gasteiger partial charge in [0, 0.05) is 19.7 Å². The van der Waals surface area contributed by atoms with E-state index in [1.54, 1.807) is 7.11 Å². The van der Waals surface area contributed by atoms with Crippen LogP contribution in [-0.4, -0.2) is 16.9 Å². The first kappa shape index (κ1) is 8.07. The summed E-state index contributed by atoms with van der Waals surface area (Å²) in [5, 5.41) is 4.06. The third-order valence-electron chi connectivity index (χ3n) is 1.47. The van der Waals surface area contributed by atoms with E-state index >= 15 is 0 Å². The number of rotatable bonds is 3. The van der Waals surface area contributed by atoms with Gasteiger partial charge >= 0.3 is 0 Å². The summed E-state index contributed by atoms with van der Waals surface area (Å²) in [7, 11) is 1.66. The quantitative estimate of drug-likeness (QED) is 0.696. The molecule has 0 saturated carbocycles. The monoisotopic (exact) mass is 155 g/mol. The van der Waals surface area contributed by atoms with E-state index in [9.17, 15) is 0 Å². The van der Waals surface area contributed by atoms with Gasteiger partial charge in [0.2, 0.25) is 0 Å². The number of anilines is 1. The van der Waals surface area contributed by atoms with Crippen LogP contribution in [0, 0.1) is 0 Å². The molecule has 2 N–H and O–H groups in total. The van der Waals surface area contributed by atoms with Crippen molar-refractivity contribution in [3.8, 4) is 0 Å². The van der Waals surface area contributed by atoms with E-state index in [2.05, 4.69) is 5.10 Å². The number of aromatic nitrogens is 2. The molecule has 0 aromatic carbocycles. The molecule has 1 aromatic heterocycles. The van der Waals surface area contributed by atoms with Crippen LogP contribution in [0.5, 0.6) is 0 Å². The number of methoxy groups -OCH3 is 1. The van der Waals surface area contributed by atoms with Gasteiger partial charge in [0.25, 0.3) is 0 Å². The van der Waals surface area contributed by atoms with E-state index in [4.69, 9.17) is 10.5 Å². The van der Waals surface area contributed by atoms with Crippen LogP contribution in [0.4, 0.5) is 5.82 Å². The van der Waals surface area contributed by atoms with Crippen molar-refractivity contribution in [2.75, 3.05) is 12.8 Å². The van der Waals surface area contributed by atoms with Gasteiger partial charge in [-0.3, -0.25) is 4.68 Å². The third kappa shape index (κ3) is 1.71. The van der Waals surface area contributed by atoms with Crippen LogP contribution in [0.25, 0.3) is 0 Å². The van der Waals surface area contributed by atoms with Gasteiger partial charge in [-0.25, -0.2) is 0 Å². The Morgan fingerprint density at radius 3 is 3.00 bits per heavy atom. The molecular formula is C7H13N3O. The van der Waals surface area contributed by atoms with Gasteiger partial charge in [0.05, 0.1) is 12.3 Å². The molecule has 0 fully saturated rings. The summed E-state index contributed by atoms with van der Waals surface area (Å²) in [6.45, 7) is 3.42. The van der Waals surface area contributed by atoms with E-state index in [-0.39, 0.29) is 0 Å². The van der Waals surface area contributed by atoms with Crippen LogP contribution in [-0.2, 0) is 17.9 Å². The smallest absolute Gasteiger partial charge is 0.145 e. The maximum Gasteiger partial charge on any atom is 0.145 e. The van der Waals surface area contributed by atoms with Gasteiger partial charge < -0.3 is 10.5 Å². The first-order valence-corrected chi connectivity index (χ1v) is 3.59. The molecule has 0 aliphatic carbocycles. The number of hydrogen-bond donors (Lipinski definition) is 1. The molecule has 0 radical (unpaired) electrons. The fraction of sp³-hybridized carbons (Fsp3) is 0.571. The van der Waals surface area contributed by atoms with Crippen LogP contribution in [0.1, 0.15) is 12.6 Å². The van der Waals surface area contributed by atoms with Crippen molar-refractivity contribution < 1.29 is 4.74 Å². The number of nitrogen functional groups attached to an aromatic ring is 1. The van der Waals surface area contributed by atoms with E-state index in [1.165, 1.54) is 0 Å². The number of ether oxygens (including phenoxy) is 1. The van der Waals surface area contributed by atoms with Crippen LogP contribution in [0.15, 0.2) is 6.07 Å². The normalized spacial score (nSPS) is 10.4. The molecule has 0 spiro atoms. The molecule has 1 aromatic rings. The molecule has 0 aliphatic rings. The van der Waals surface area contributed by atoms with E-state index < -0.39 is 0 Å². The number of aryl methyl sites for hydroxylation is 1. The second-order valence-electron chi connectivity index (χ2n) is 2.31. The Morgan fingerprint density at radius 2 is 2.45 bits per heavy atom. The topological polar surface area (TPSA) is 53.1 Å². The second-order valence-corrected chi connectivity index (χ2v) is 2.31. The standard InChI is InChI=1S/C7H13N3O/c1-3-10-6(5-11-2)4-7(8)9-10/h4H,3,5H2,1-2H3,(H2,8,9). The zero-order chi connectivity index (χ0) is 8.27. The van der Waals surface area contributed by atoms with Crippen molar-refractivity contribution in [2.45, 2.75) is 20.1 Å². The number of nitrogens with zero attached hydrogens (tertiary/aromatic N) is 2. The molecule has 11 heavy (non-hydrogen) atoms. The van der Waals surface area contributed by atoms with Crippen LogP contribution in [0.2, 0.25) is 0 Å². The van der Waals surface area contributed by atoms with Crippen molar-refractivity contribution in [2.24, 2.45) is 0 Å². The summed E-state index contributed by atoms with van der Waals surface area (Å²) >= 11 is 0. The molecule has 0 aliphatic heterocycles. The van der Waals surface area contributed by atoms with Crippen molar-refractivity contribution >= 4 is 5.82 Å². The minimum Gasteiger partial charge on any atom is -0.382 e. The average molecular weight is 155 g/mol. The van der Waals surface area contributed by atoms with Crippen molar-refractivity contribution in [3.63, 3.8) is 0 Å². The summed E-state index contributed by atoms with van der Waals surface area (Å²) in [5.74, 6) is 0.555. The molecule has 1 heterocycles. The van der Waals surface area contributed by atoms with Gasteiger partial charge in [0.15, 0.2) is 0 Å². The number of nitrogens with two attached hydrogens (primary N) is 1. The third-order valence-corrected chi connectivity index (χ3v) is 1.47. The van der Waals surface area contributed by atoms with Gasteiger partial charge in [-0.05, 0) is 6.92 Å². The molecule has 0 saturated heterocycles. The maximum atomic E-state index is 5.50. The van der Waals surface area contributed by atoms with Crippen molar-refractivity contribution in [1.82, 2.24) is 9.78 Å². The lowest BCUT2D eigenvalue weighted by atomic mass is 10.4. The molecule has 0 bridgehead atoms. The highest BCUT2D eigenvalue weighted by Gasteiger charge is 2.02. The summed E-state index contributed by atoms with van der Waals surface area (Å²) < 4.78 is 6.80. The summed E-state index contributed by atoms with van der Waals surface area (Å²) in [6.07, 6.45) is 0. The van der Waals surface area contributed by atoms with Crippen molar-refractivity contribution in [3.05, 3.63) is 11.8 Å². The van der Waals surface area contributed by atoms with E-state index in [1.807, 2.05) is 17.7 Å². The minimum absolute atomic E-state index is 0.555. The highest BCUT2D eigenvalue weighted by atomic mass is 16.5. The Kier molecular flexibility index (Phi) is 2.48. The zero-order valence-electron chi connectivity index (χ0n) is 6.87. The van der Waals surface area contributed by atoms with Crippen LogP contribution < -0.4 is 5.73 Å². The second kappa shape index (κ2) is 3.39. The first-order valence-electron chi connectivity index (χ1n) is 3.59. The van der Waals surface area contributed by atoms with E-state index in [0.717, 1.165) is 12.2 Å². The average Bonchev–Trinajstić information content (AvgIpc) is 2.32. The van der Waals surface area contributed by atoms with Gasteiger partial charge in [-0.1, -0.05) is 0 Å². The molecule has 0 unspecified atom stereocenters. The largest absolute Gasteiger partial charge is 0.382 e. The Labute approximate surface area is 66.0 Å². The fourth-order valence-electron chi connectivity index (χ4n) is 1.02. The summed E-state index contributed by atoms with van der Waals surface area (Å²) in [6, 6.07) is 1.83. The molecule has 4 heteroatoms. The summed E-state index contributed by atoms with van der Waals surface area (Å²) in [5.41, 5.74) is 6.52. The molecule has 0 amide bonds. The lowest BCUT2D eigenvalue weighted by Crippen LogP contribution is -2.03. The molecular weight excluding hydrogens is 142 g/mol. The summed E-state index contributed by atoms with van der Waals surface area (Å²) in [4.78, 5) is 0. The minimum atomic E-state index is 0.555. The Morgan fingerprint density at radius 1 is 1.73 bits per heavy atom. The molecule has 4 nitrogen and oxygen atoms in total. The van der Waals surface area contributed by atoms with Crippen LogP contribution >= 0.6 is 0 Å². The lowest BCUT2D eigenvalue weighted by molar-refractivity contribution is 0.177. The zero-order valence-corrected chi connectivity index (χ0v) is 6.87. The molecule has 62 valence electrons. The van der Waals surface area contributed by atoms with Gasteiger partial charge in [0.1, 0.15) is 5.82 Å². The Balaban J connectivity index is 2.83. The highest BCUT2D eigenvalue weighted by molar-refractivity contribution is 5.29. The van der Waals surface area contributed by atoms with Gasteiger partial charge in [-0.15, -0.1) is 0 Å². The Hall–Kier alpha value is -1.03. The maximum absolute atomic E-state index is 5.50. The predicted molar refractivity (Wildman–Crippen MR) is 43.0 cm³/mol. The Bertz CT molecular complexity index is 232. The predicted octanol–water partition coefficient (Wildman–Crippen LogP) is 0.632. The molecule has 1 rings (SSSR count). The molecule has 0 atom stereocenters. The lowest BCUT2D eigenvalue weighted by Gasteiger charge is -2.01. The highest BCUT2D eigenvalue weighted by Crippen LogP contribution is 2.06. The van der Waals surface area contributed by atoms with E-state index in [0.29, 0.717) is 12.4 Å². The first-order chi connectivity index (χ1) is 5.27. The van der Waals surface area contributed by atoms with Gasteiger partial charge in [-0.2, -0.15) is 5.10 Å². The SMILES string of the molecule is CCn1nc(N)cc1COC.